The third-order valence-electron chi connectivity index (χ3n) is 5.04. The monoisotopic (exact) mass is 330 g/mol. The molecule has 1 aliphatic heterocycles. The second-order valence-corrected chi connectivity index (χ2v) is 7.13. The highest BCUT2D eigenvalue weighted by Gasteiger charge is 2.37. The van der Waals surface area contributed by atoms with Crippen LogP contribution in [0.3, 0.4) is 0 Å². The predicted molar refractivity (Wildman–Crippen MR) is 91.1 cm³/mol. The van der Waals surface area contributed by atoms with Crippen molar-refractivity contribution in [1.29, 1.82) is 0 Å². The van der Waals surface area contributed by atoms with Crippen LogP contribution < -0.4 is 5.32 Å². The van der Waals surface area contributed by atoms with Gasteiger partial charge < -0.3 is 15.3 Å². The van der Waals surface area contributed by atoms with Crippen molar-refractivity contribution in [3.8, 4) is 0 Å². The molecule has 5 heteroatoms. The van der Waals surface area contributed by atoms with Gasteiger partial charge in [0, 0.05) is 32.2 Å². The molecule has 1 saturated carbocycles. The standard InChI is InChI=1S/C19H26N2O3/c1-13-2-4-14(5-3-13)11-21-12-16(10-18(21)23)19(24)20-17(8-9-22)15-6-7-15/h2-5,15-17,22H,6-12H2,1H3,(H,20,24). The summed E-state index contributed by atoms with van der Waals surface area (Å²) >= 11 is 0. The zero-order chi connectivity index (χ0) is 17.1. The molecule has 1 aromatic carbocycles. The van der Waals surface area contributed by atoms with E-state index in [0.717, 1.165) is 18.4 Å². The number of likely N-dealkylation sites (tertiary alicyclic amines) is 1. The second kappa shape index (κ2) is 7.34. The van der Waals surface area contributed by atoms with Crippen molar-refractivity contribution in [1.82, 2.24) is 10.2 Å². The van der Waals surface area contributed by atoms with E-state index in [2.05, 4.69) is 5.32 Å². The first-order valence-electron chi connectivity index (χ1n) is 8.81. The van der Waals surface area contributed by atoms with Gasteiger partial charge in [-0.3, -0.25) is 9.59 Å². The van der Waals surface area contributed by atoms with Gasteiger partial charge in [0.05, 0.1) is 5.92 Å². The lowest BCUT2D eigenvalue weighted by Gasteiger charge is -2.20. The highest BCUT2D eigenvalue weighted by atomic mass is 16.3. The number of carbonyl (C=O) groups is 2. The molecule has 130 valence electrons. The molecule has 0 radical (unpaired) electrons. The molecule has 1 heterocycles. The normalized spacial score (nSPS) is 21.8. The molecule has 1 saturated heterocycles. The molecule has 0 spiro atoms. The van der Waals surface area contributed by atoms with Gasteiger partial charge in [-0.25, -0.2) is 0 Å². The molecular weight excluding hydrogens is 304 g/mol. The topological polar surface area (TPSA) is 69.6 Å². The first-order chi connectivity index (χ1) is 11.6. The maximum atomic E-state index is 12.5. The Kier molecular flexibility index (Phi) is 5.19. The Labute approximate surface area is 143 Å². The number of aliphatic hydroxyl groups excluding tert-OH is 1. The van der Waals surface area contributed by atoms with Crippen molar-refractivity contribution in [3.05, 3.63) is 35.4 Å². The molecule has 2 amide bonds. The summed E-state index contributed by atoms with van der Waals surface area (Å²) in [5.41, 5.74) is 2.28. The minimum Gasteiger partial charge on any atom is -0.396 e. The molecule has 24 heavy (non-hydrogen) atoms. The smallest absolute Gasteiger partial charge is 0.225 e. The molecular formula is C19H26N2O3. The molecule has 3 rings (SSSR count). The van der Waals surface area contributed by atoms with Gasteiger partial charge in [0.2, 0.25) is 11.8 Å². The van der Waals surface area contributed by atoms with Gasteiger partial charge in [-0.1, -0.05) is 29.8 Å². The number of amides is 2. The Balaban J connectivity index is 1.55. The summed E-state index contributed by atoms with van der Waals surface area (Å²) in [4.78, 5) is 26.5. The Hall–Kier alpha value is -1.88. The van der Waals surface area contributed by atoms with E-state index in [1.54, 1.807) is 4.90 Å². The number of hydrogen-bond donors (Lipinski definition) is 2. The van der Waals surface area contributed by atoms with Crippen LogP contribution in [0.15, 0.2) is 24.3 Å². The van der Waals surface area contributed by atoms with Crippen LogP contribution in [0.1, 0.15) is 36.8 Å². The number of carbonyl (C=O) groups excluding carboxylic acids is 2. The lowest BCUT2D eigenvalue weighted by Crippen LogP contribution is -2.41. The zero-order valence-corrected chi connectivity index (χ0v) is 14.2. The van der Waals surface area contributed by atoms with E-state index in [4.69, 9.17) is 5.11 Å². The summed E-state index contributed by atoms with van der Waals surface area (Å²) in [6, 6.07) is 8.19. The van der Waals surface area contributed by atoms with Crippen molar-refractivity contribution in [3.63, 3.8) is 0 Å². The van der Waals surface area contributed by atoms with Crippen molar-refractivity contribution >= 4 is 11.8 Å². The van der Waals surface area contributed by atoms with Gasteiger partial charge >= 0.3 is 0 Å². The maximum absolute atomic E-state index is 12.5. The minimum absolute atomic E-state index is 0.0416. The number of aliphatic hydroxyl groups is 1. The van der Waals surface area contributed by atoms with E-state index >= 15 is 0 Å². The third-order valence-corrected chi connectivity index (χ3v) is 5.04. The zero-order valence-electron chi connectivity index (χ0n) is 14.2. The average molecular weight is 330 g/mol. The molecule has 0 aromatic heterocycles. The fourth-order valence-electron chi connectivity index (χ4n) is 3.38. The molecule has 2 unspecified atom stereocenters. The summed E-state index contributed by atoms with van der Waals surface area (Å²) in [5.74, 6) is 0.228. The molecule has 2 fully saturated rings. The molecule has 5 nitrogen and oxygen atoms in total. The summed E-state index contributed by atoms with van der Waals surface area (Å²) in [7, 11) is 0. The summed E-state index contributed by atoms with van der Waals surface area (Å²) < 4.78 is 0. The van der Waals surface area contributed by atoms with Gasteiger partial charge in [-0.2, -0.15) is 0 Å². The third kappa shape index (κ3) is 4.15. The highest BCUT2D eigenvalue weighted by molar-refractivity contribution is 5.89. The lowest BCUT2D eigenvalue weighted by molar-refractivity contribution is -0.129. The summed E-state index contributed by atoms with van der Waals surface area (Å²) in [5, 5.41) is 12.2. The number of nitrogens with zero attached hydrogens (tertiary/aromatic N) is 1. The average Bonchev–Trinajstić information content (AvgIpc) is 3.34. The molecule has 2 aliphatic rings. The number of aryl methyl sites for hydroxylation is 1. The molecule has 1 aromatic rings. The number of benzene rings is 1. The van der Waals surface area contributed by atoms with E-state index in [9.17, 15) is 9.59 Å². The van der Waals surface area contributed by atoms with E-state index in [0.29, 0.717) is 25.4 Å². The minimum atomic E-state index is -0.275. The van der Waals surface area contributed by atoms with Crippen molar-refractivity contribution in [2.75, 3.05) is 13.2 Å². The summed E-state index contributed by atoms with van der Waals surface area (Å²) in [6.45, 7) is 3.17. The van der Waals surface area contributed by atoms with Crippen molar-refractivity contribution < 1.29 is 14.7 Å². The van der Waals surface area contributed by atoms with E-state index in [1.165, 1.54) is 5.56 Å². The highest BCUT2D eigenvalue weighted by Crippen LogP contribution is 2.34. The number of nitrogens with one attached hydrogen (secondary N) is 1. The second-order valence-electron chi connectivity index (χ2n) is 7.13. The predicted octanol–water partition coefficient (Wildman–Crippen LogP) is 1.62. The van der Waals surface area contributed by atoms with E-state index < -0.39 is 0 Å². The lowest BCUT2D eigenvalue weighted by atomic mass is 10.0. The van der Waals surface area contributed by atoms with Gasteiger partial charge in [0.25, 0.3) is 0 Å². The largest absolute Gasteiger partial charge is 0.396 e. The first kappa shape index (κ1) is 17.0. The van der Waals surface area contributed by atoms with Crippen molar-refractivity contribution in [2.24, 2.45) is 11.8 Å². The Morgan fingerprint density at radius 1 is 1.33 bits per heavy atom. The Morgan fingerprint density at radius 2 is 2.04 bits per heavy atom. The van der Waals surface area contributed by atoms with Crippen LogP contribution in [-0.4, -0.2) is 41.0 Å². The molecule has 0 bridgehead atoms. The fourth-order valence-corrected chi connectivity index (χ4v) is 3.38. The summed E-state index contributed by atoms with van der Waals surface area (Å²) in [6.07, 6.45) is 3.13. The molecule has 2 N–H and O–H groups in total. The van der Waals surface area contributed by atoms with Crippen LogP contribution >= 0.6 is 0 Å². The SMILES string of the molecule is Cc1ccc(CN2CC(C(=O)NC(CCO)C3CC3)CC2=O)cc1. The number of rotatable bonds is 7. The molecule has 1 aliphatic carbocycles. The quantitative estimate of drug-likeness (QED) is 0.798. The first-order valence-corrected chi connectivity index (χ1v) is 8.81. The van der Waals surface area contributed by atoms with Crippen LogP contribution in [-0.2, 0) is 16.1 Å². The van der Waals surface area contributed by atoms with Crippen LogP contribution in [0.2, 0.25) is 0 Å². The van der Waals surface area contributed by atoms with Crippen LogP contribution in [0.25, 0.3) is 0 Å². The van der Waals surface area contributed by atoms with Crippen LogP contribution in [0.4, 0.5) is 0 Å². The van der Waals surface area contributed by atoms with Crippen molar-refractivity contribution in [2.45, 2.75) is 45.2 Å². The molecule has 2 atom stereocenters. The maximum Gasteiger partial charge on any atom is 0.225 e. The number of hydrogen-bond acceptors (Lipinski definition) is 3. The van der Waals surface area contributed by atoms with E-state index in [-0.39, 0.29) is 36.8 Å². The fraction of sp³-hybridized carbons (Fsp3) is 0.579. The van der Waals surface area contributed by atoms with E-state index in [1.807, 2.05) is 31.2 Å². The van der Waals surface area contributed by atoms with Crippen LogP contribution in [0.5, 0.6) is 0 Å². The Bertz CT molecular complexity index is 595. The van der Waals surface area contributed by atoms with Gasteiger partial charge in [-0.15, -0.1) is 0 Å². The van der Waals surface area contributed by atoms with Gasteiger partial charge in [0.15, 0.2) is 0 Å². The van der Waals surface area contributed by atoms with Gasteiger partial charge in [-0.05, 0) is 37.7 Å². The Morgan fingerprint density at radius 3 is 2.67 bits per heavy atom. The van der Waals surface area contributed by atoms with Crippen LogP contribution in [0, 0.1) is 18.8 Å². The van der Waals surface area contributed by atoms with Gasteiger partial charge in [0.1, 0.15) is 0 Å².